The van der Waals surface area contributed by atoms with E-state index >= 15 is 0 Å². The first kappa shape index (κ1) is 3.74. The summed E-state index contributed by atoms with van der Waals surface area (Å²) in [6.07, 6.45) is -1.57. The number of halogens is 1. The number of benzene rings is 1. The molecule has 1 aliphatic rings. The molecule has 0 amide bonds. The van der Waals surface area contributed by atoms with E-state index in [4.69, 9.17) is 15.7 Å². The van der Waals surface area contributed by atoms with Gasteiger partial charge in [0.05, 0.1) is 10.7 Å². The Hall–Kier alpha value is -0.530. The van der Waals surface area contributed by atoms with Gasteiger partial charge < -0.3 is 4.74 Å². The average molecular weight is 158 g/mol. The Balaban J connectivity index is 2.38. The lowest BCUT2D eigenvalue weighted by Gasteiger charge is -1.93. The smallest absolute Gasteiger partial charge is 0.106 e. The second-order valence-corrected chi connectivity index (χ2v) is 2.48. The maximum absolute atomic E-state index is 7.63. The molecule has 2 heteroatoms. The third kappa shape index (κ3) is 1.15. The van der Waals surface area contributed by atoms with E-state index in [0.29, 0.717) is 10.6 Å². The van der Waals surface area contributed by atoms with Gasteiger partial charge in [-0.1, -0.05) is 23.7 Å². The molecular formula is C8H7ClO. The fourth-order valence-electron chi connectivity index (χ4n) is 0.773. The third-order valence-corrected chi connectivity index (χ3v) is 1.53. The number of ether oxygens (including phenoxy) is 1. The van der Waals surface area contributed by atoms with Gasteiger partial charge >= 0.3 is 0 Å². The van der Waals surface area contributed by atoms with Crippen LogP contribution >= 0.6 is 11.6 Å². The molecule has 10 heavy (non-hydrogen) atoms. The highest BCUT2D eigenvalue weighted by Crippen LogP contribution is 2.30. The van der Waals surface area contributed by atoms with E-state index in [1.54, 1.807) is 24.3 Å². The summed E-state index contributed by atoms with van der Waals surface area (Å²) in [4.78, 5) is 0. The highest BCUT2D eigenvalue weighted by atomic mass is 35.5. The van der Waals surface area contributed by atoms with Gasteiger partial charge in [0.2, 0.25) is 0 Å². The minimum Gasteiger partial charge on any atom is -0.368 e. The molecule has 1 aromatic carbocycles. The summed E-state index contributed by atoms with van der Waals surface area (Å²) in [6, 6.07) is 6.52. The van der Waals surface area contributed by atoms with Crippen LogP contribution in [0, 0.1) is 0 Å². The van der Waals surface area contributed by atoms with E-state index in [0.717, 1.165) is 0 Å². The van der Waals surface area contributed by atoms with Crippen molar-refractivity contribution in [2.75, 3.05) is 6.56 Å². The highest BCUT2D eigenvalue weighted by Gasteiger charge is 2.24. The lowest BCUT2D eigenvalue weighted by atomic mass is 10.2. The molecule has 0 bridgehead atoms. The van der Waals surface area contributed by atoms with Crippen molar-refractivity contribution in [3.63, 3.8) is 0 Å². The van der Waals surface area contributed by atoms with Gasteiger partial charge in [-0.15, -0.1) is 0 Å². The summed E-state index contributed by atoms with van der Waals surface area (Å²) in [6.45, 7) is -1.89. The van der Waals surface area contributed by atoms with Crippen LogP contribution < -0.4 is 0 Å². The summed E-state index contributed by atoms with van der Waals surface area (Å²) >= 11 is 5.71. The lowest BCUT2D eigenvalue weighted by Crippen LogP contribution is -1.77. The van der Waals surface area contributed by atoms with Crippen LogP contribution in [0.2, 0.25) is 5.02 Å². The molecule has 1 aromatic rings. The first-order chi connectivity index (χ1) is 5.96. The zero-order valence-electron chi connectivity index (χ0n) is 8.10. The largest absolute Gasteiger partial charge is 0.368 e. The van der Waals surface area contributed by atoms with E-state index in [1.165, 1.54) is 0 Å². The zero-order chi connectivity index (χ0) is 9.69. The van der Waals surface area contributed by atoms with Gasteiger partial charge in [-0.2, -0.15) is 0 Å². The van der Waals surface area contributed by atoms with E-state index in [9.17, 15) is 0 Å². The SMILES string of the molecule is [2H]C1([2H])OC1([2H])c1cccc(Cl)c1. The van der Waals surface area contributed by atoms with Crippen LogP contribution in [-0.4, -0.2) is 6.56 Å². The fraction of sp³-hybridized carbons (Fsp3) is 0.250. The molecule has 0 spiro atoms. The second-order valence-electron chi connectivity index (χ2n) is 2.04. The predicted octanol–water partition coefficient (Wildman–Crippen LogP) is 2.41. The number of hydrogen-bond donors (Lipinski definition) is 0. The quantitative estimate of drug-likeness (QED) is 0.571. The van der Waals surface area contributed by atoms with Crippen LogP contribution in [0.1, 0.15) is 15.8 Å². The van der Waals surface area contributed by atoms with Gasteiger partial charge in [0.1, 0.15) is 6.08 Å². The van der Waals surface area contributed by atoms with E-state index in [2.05, 4.69) is 4.74 Å². The van der Waals surface area contributed by atoms with Crippen molar-refractivity contribution < 1.29 is 8.85 Å². The summed E-state index contributed by atoms with van der Waals surface area (Å²) in [5.41, 5.74) is 0.449. The van der Waals surface area contributed by atoms with Crippen LogP contribution in [0.3, 0.4) is 0 Å². The molecular weight excluding hydrogens is 148 g/mol. The first-order valence-electron chi connectivity index (χ1n) is 4.42. The Bertz CT molecular complexity index is 355. The summed E-state index contributed by atoms with van der Waals surface area (Å²) in [7, 11) is 0. The summed E-state index contributed by atoms with van der Waals surface area (Å²) in [5, 5.41) is 0.482. The van der Waals surface area contributed by atoms with E-state index < -0.39 is 12.6 Å². The number of hydrogen-bond acceptors (Lipinski definition) is 1. The fourth-order valence-corrected chi connectivity index (χ4v) is 0.963. The minimum atomic E-state index is -1.89. The molecule has 0 N–H and O–H groups in total. The van der Waals surface area contributed by atoms with Crippen molar-refractivity contribution in [2.24, 2.45) is 0 Å². The Kier molecular flexibility index (Phi) is 0.845. The molecule has 1 unspecified atom stereocenters. The van der Waals surface area contributed by atoms with Gasteiger partial charge in [-0.25, -0.2) is 0 Å². The zero-order valence-corrected chi connectivity index (χ0v) is 5.85. The molecule has 1 fully saturated rings. The molecule has 1 heterocycles. The van der Waals surface area contributed by atoms with Gasteiger partial charge in [0, 0.05) is 5.02 Å². The monoisotopic (exact) mass is 157 g/mol. The Labute approximate surface area is 68.8 Å². The summed E-state index contributed by atoms with van der Waals surface area (Å²) in [5.74, 6) is 0. The van der Waals surface area contributed by atoms with Crippen LogP contribution in [0.5, 0.6) is 0 Å². The van der Waals surface area contributed by atoms with Gasteiger partial charge in [0.15, 0.2) is 0 Å². The summed E-state index contributed by atoms with van der Waals surface area (Å²) < 4.78 is 26.8. The average Bonchev–Trinajstić information content (AvgIpc) is 2.53. The third-order valence-electron chi connectivity index (χ3n) is 1.29. The first-order valence-corrected chi connectivity index (χ1v) is 3.30. The predicted molar refractivity (Wildman–Crippen MR) is 40.1 cm³/mol. The van der Waals surface area contributed by atoms with Crippen LogP contribution in [-0.2, 0) is 4.74 Å². The van der Waals surface area contributed by atoms with Crippen molar-refractivity contribution in [2.45, 2.75) is 6.08 Å². The van der Waals surface area contributed by atoms with Crippen LogP contribution in [0.25, 0.3) is 0 Å². The Morgan fingerprint density at radius 3 is 3.20 bits per heavy atom. The second kappa shape index (κ2) is 2.26. The topological polar surface area (TPSA) is 12.5 Å². The van der Waals surface area contributed by atoms with E-state index in [1.807, 2.05) is 0 Å². The van der Waals surface area contributed by atoms with E-state index in [-0.39, 0.29) is 0 Å². The molecule has 0 saturated carbocycles. The normalized spacial score (nSPS) is 39.5. The highest BCUT2D eigenvalue weighted by molar-refractivity contribution is 6.30. The standard InChI is InChI=1S/C8H7ClO/c9-7-3-1-2-6(4-7)8-5-10-8/h1-4,8H,5H2/i5D2,8D. The van der Waals surface area contributed by atoms with Crippen LogP contribution in [0.4, 0.5) is 0 Å². The molecule has 2 rings (SSSR count). The van der Waals surface area contributed by atoms with Gasteiger partial charge in [-0.3, -0.25) is 0 Å². The molecule has 0 aromatic heterocycles. The molecule has 1 nitrogen and oxygen atoms in total. The molecule has 1 atom stereocenters. The van der Waals surface area contributed by atoms with Crippen molar-refractivity contribution in [1.29, 1.82) is 0 Å². The molecule has 0 radical (unpaired) electrons. The molecule has 1 saturated heterocycles. The minimum absolute atomic E-state index is 0.449. The van der Waals surface area contributed by atoms with Crippen molar-refractivity contribution in [1.82, 2.24) is 0 Å². The van der Waals surface area contributed by atoms with Gasteiger partial charge in [-0.05, 0) is 17.7 Å². The number of epoxide rings is 1. The van der Waals surface area contributed by atoms with Crippen molar-refractivity contribution in [3.8, 4) is 0 Å². The maximum Gasteiger partial charge on any atom is 0.106 e. The Morgan fingerprint density at radius 2 is 2.60 bits per heavy atom. The van der Waals surface area contributed by atoms with Crippen molar-refractivity contribution in [3.05, 3.63) is 34.9 Å². The van der Waals surface area contributed by atoms with Crippen LogP contribution in [0.15, 0.2) is 24.3 Å². The Morgan fingerprint density at radius 1 is 1.80 bits per heavy atom. The molecule has 52 valence electrons. The van der Waals surface area contributed by atoms with Crippen molar-refractivity contribution >= 4 is 11.6 Å². The van der Waals surface area contributed by atoms with Gasteiger partial charge in [0.25, 0.3) is 0 Å². The molecule has 0 aliphatic carbocycles. The number of rotatable bonds is 1. The maximum atomic E-state index is 7.63. The molecule has 1 aliphatic heterocycles. The lowest BCUT2D eigenvalue weighted by molar-refractivity contribution is 0.415.